The van der Waals surface area contributed by atoms with Gasteiger partial charge in [-0.15, -0.1) is 11.3 Å². The molecule has 1 N–H and O–H groups in total. The predicted molar refractivity (Wildman–Crippen MR) is 111 cm³/mol. The molecule has 0 saturated carbocycles. The molecule has 1 aliphatic rings. The molecule has 0 aliphatic heterocycles. The second-order valence-corrected chi connectivity index (χ2v) is 7.78. The Hall–Kier alpha value is -3.47. The summed E-state index contributed by atoms with van der Waals surface area (Å²) in [6, 6.07) is 3.54. The van der Waals surface area contributed by atoms with Crippen molar-refractivity contribution in [1.82, 2.24) is 0 Å². The minimum atomic E-state index is -0.732. The van der Waals surface area contributed by atoms with Crippen molar-refractivity contribution in [2.75, 3.05) is 26.1 Å². The number of hydrogen-bond acceptors (Lipinski definition) is 9. The number of thiophene rings is 1. The van der Waals surface area contributed by atoms with Gasteiger partial charge in [0.15, 0.2) is 12.4 Å². The van der Waals surface area contributed by atoms with Crippen LogP contribution in [0, 0.1) is 10.1 Å². The standard InChI is InChI=1S/C20H20N2O8S/c1-28-19(24)11-7-8-14(13(9-11)22(26)27)30-10-16(23)21-18-17(20(25)29-2)12-5-3-4-6-15(12)31-18/h7-9H,3-6,10H2,1-2H3,(H,21,23). The van der Waals surface area contributed by atoms with Crippen molar-refractivity contribution in [1.29, 1.82) is 0 Å². The fraction of sp³-hybridized carbons (Fsp3) is 0.350. The molecule has 31 heavy (non-hydrogen) atoms. The summed E-state index contributed by atoms with van der Waals surface area (Å²) in [4.78, 5) is 47.9. The molecule has 3 rings (SSSR count). The van der Waals surface area contributed by atoms with E-state index in [0.717, 1.165) is 49.3 Å². The van der Waals surface area contributed by atoms with Gasteiger partial charge in [0.1, 0.15) is 5.00 Å². The van der Waals surface area contributed by atoms with E-state index >= 15 is 0 Å². The van der Waals surface area contributed by atoms with Crippen LogP contribution in [0.4, 0.5) is 10.7 Å². The number of benzene rings is 1. The van der Waals surface area contributed by atoms with E-state index in [2.05, 4.69) is 10.1 Å². The van der Waals surface area contributed by atoms with E-state index in [9.17, 15) is 24.5 Å². The lowest BCUT2D eigenvalue weighted by atomic mass is 9.95. The second kappa shape index (κ2) is 9.56. The molecule has 0 saturated heterocycles. The summed E-state index contributed by atoms with van der Waals surface area (Å²) in [6.45, 7) is -0.526. The second-order valence-electron chi connectivity index (χ2n) is 6.67. The van der Waals surface area contributed by atoms with Gasteiger partial charge < -0.3 is 19.5 Å². The molecule has 164 valence electrons. The maximum Gasteiger partial charge on any atom is 0.341 e. The number of methoxy groups -OCH3 is 2. The maximum absolute atomic E-state index is 12.4. The first-order valence-corrected chi connectivity index (χ1v) is 10.2. The SMILES string of the molecule is COC(=O)c1ccc(OCC(=O)Nc2sc3c(c2C(=O)OC)CCCC3)c([N+](=O)[O-])c1. The Labute approximate surface area is 181 Å². The number of fused-ring (bicyclic) bond motifs is 1. The quantitative estimate of drug-likeness (QED) is 0.388. The van der Waals surface area contributed by atoms with Gasteiger partial charge in [0, 0.05) is 10.9 Å². The molecule has 0 atom stereocenters. The van der Waals surface area contributed by atoms with Crippen LogP contribution >= 0.6 is 11.3 Å². The first-order valence-electron chi connectivity index (χ1n) is 9.38. The first kappa shape index (κ1) is 22.2. The van der Waals surface area contributed by atoms with E-state index in [0.29, 0.717) is 10.6 Å². The molecule has 0 radical (unpaired) electrons. The fourth-order valence-electron chi connectivity index (χ4n) is 3.30. The van der Waals surface area contributed by atoms with Crippen LogP contribution in [0.5, 0.6) is 5.75 Å². The number of aryl methyl sites for hydroxylation is 1. The Bertz CT molecular complexity index is 1050. The number of nitrogens with one attached hydrogen (secondary N) is 1. The van der Waals surface area contributed by atoms with Crippen LogP contribution in [-0.4, -0.2) is 43.6 Å². The third-order valence-electron chi connectivity index (χ3n) is 4.75. The molecule has 1 aliphatic carbocycles. The topological polar surface area (TPSA) is 134 Å². The largest absolute Gasteiger partial charge is 0.477 e. The van der Waals surface area contributed by atoms with Crippen LogP contribution < -0.4 is 10.1 Å². The normalized spacial score (nSPS) is 12.5. The summed E-state index contributed by atoms with van der Waals surface area (Å²) in [5.74, 6) is -2.02. The average Bonchev–Trinajstić information content (AvgIpc) is 3.14. The van der Waals surface area contributed by atoms with Crippen molar-refractivity contribution in [2.24, 2.45) is 0 Å². The highest BCUT2D eigenvalue weighted by Gasteiger charge is 2.27. The van der Waals surface area contributed by atoms with Gasteiger partial charge in [0.2, 0.25) is 0 Å². The zero-order valence-electron chi connectivity index (χ0n) is 16.9. The minimum Gasteiger partial charge on any atom is -0.477 e. The Kier molecular flexibility index (Phi) is 6.85. The van der Waals surface area contributed by atoms with E-state index in [1.807, 2.05) is 0 Å². The fourth-order valence-corrected chi connectivity index (χ4v) is 4.60. The summed E-state index contributed by atoms with van der Waals surface area (Å²) in [5.41, 5.74) is 0.757. The summed E-state index contributed by atoms with van der Waals surface area (Å²) in [6.07, 6.45) is 3.53. The molecule has 0 unspecified atom stereocenters. The number of nitrogens with zero attached hydrogens (tertiary/aromatic N) is 1. The molecule has 1 amide bonds. The zero-order valence-corrected chi connectivity index (χ0v) is 17.7. The van der Waals surface area contributed by atoms with E-state index in [4.69, 9.17) is 9.47 Å². The van der Waals surface area contributed by atoms with Crippen molar-refractivity contribution in [3.8, 4) is 5.75 Å². The summed E-state index contributed by atoms with van der Waals surface area (Å²) in [7, 11) is 2.44. The van der Waals surface area contributed by atoms with Gasteiger partial charge in [-0.05, 0) is 43.4 Å². The number of carbonyl (C=O) groups is 3. The Morgan fingerprint density at radius 2 is 1.84 bits per heavy atom. The molecule has 1 aromatic heterocycles. The Morgan fingerprint density at radius 3 is 2.52 bits per heavy atom. The highest BCUT2D eigenvalue weighted by molar-refractivity contribution is 7.17. The Morgan fingerprint density at radius 1 is 1.13 bits per heavy atom. The van der Waals surface area contributed by atoms with E-state index in [1.165, 1.54) is 30.6 Å². The lowest BCUT2D eigenvalue weighted by Gasteiger charge is -2.12. The van der Waals surface area contributed by atoms with E-state index in [-0.39, 0.29) is 11.3 Å². The van der Waals surface area contributed by atoms with Crippen molar-refractivity contribution >= 4 is 39.9 Å². The lowest BCUT2D eigenvalue weighted by molar-refractivity contribution is -0.385. The summed E-state index contributed by atoms with van der Waals surface area (Å²) >= 11 is 1.32. The highest BCUT2D eigenvalue weighted by atomic mass is 32.1. The third-order valence-corrected chi connectivity index (χ3v) is 5.96. The van der Waals surface area contributed by atoms with Crippen molar-refractivity contribution in [3.63, 3.8) is 0 Å². The van der Waals surface area contributed by atoms with Gasteiger partial charge in [-0.2, -0.15) is 0 Å². The van der Waals surface area contributed by atoms with Crippen LogP contribution in [0.25, 0.3) is 0 Å². The van der Waals surface area contributed by atoms with Crippen molar-refractivity contribution < 1.29 is 33.5 Å². The van der Waals surface area contributed by atoms with Gasteiger partial charge in [0.25, 0.3) is 5.91 Å². The number of anilines is 1. The van der Waals surface area contributed by atoms with Crippen LogP contribution in [0.15, 0.2) is 18.2 Å². The van der Waals surface area contributed by atoms with E-state index in [1.54, 1.807) is 0 Å². The zero-order chi connectivity index (χ0) is 22.5. The highest BCUT2D eigenvalue weighted by Crippen LogP contribution is 2.38. The first-order chi connectivity index (χ1) is 14.8. The lowest BCUT2D eigenvalue weighted by Crippen LogP contribution is -2.21. The third kappa shape index (κ3) is 4.82. The monoisotopic (exact) mass is 448 g/mol. The molecular formula is C20H20N2O8S. The van der Waals surface area contributed by atoms with Crippen LogP contribution in [0.2, 0.25) is 0 Å². The molecule has 2 aromatic rings. The number of rotatable bonds is 7. The van der Waals surface area contributed by atoms with Gasteiger partial charge in [0.05, 0.1) is 30.3 Å². The predicted octanol–water partition coefficient (Wildman–Crippen LogP) is 3.13. The van der Waals surface area contributed by atoms with Gasteiger partial charge in [-0.3, -0.25) is 14.9 Å². The number of hydrogen-bond donors (Lipinski definition) is 1. The van der Waals surface area contributed by atoms with Crippen LogP contribution in [-0.2, 0) is 27.1 Å². The van der Waals surface area contributed by atoms with Crippen LogP contribution in [0.1, 0.15) is 44.0 Å². The number of esters is 2. The van der Waals surface area contributed by atoms with Crippen LogP contribution in [0.3, 0.4) is 0 Å². The van der Waals surface area contributed by atoms with Crippen molar-refractivity contribution in [2.45, 2.75) is 25.7 Å². The average molecular weight is 448 g/mol. The van der Waals surface area contributed by atoms with Crippen molar-refractivity contribution in [3.05, 3.63) is 49.9 Å². The van der Waals surface area contributed by atoms with Gasteiger partial charge in [-0.1, -0.05) is 0 Å². The molecule has 0 bridgehead atoms. The molecule has 0 spiro atoms. The van der Waals surface area contributed by atoms with Gasteiger partial charge in [-0.25, -0.2) is 9.59 Å². The number of carbonyl (C=O) groups excluding carboxylic acids is 3. The molecular weight excluding hydrogens is 428 g/mol. The summed E-state index contributed by atoms with van der Waals surface area (Å²) in [5, 5.41) is 14.3. The molecule has 1 aromatic carbocycles. The number of nitro benzene ring substituents is 1. The number of amides is 1. The molecule has 1 heterocycles. The molecule has 11 heteroatoms. The molecule has 10 nitrogen and oxygen atoms in total. The number of ether oxygens (including phenoxy) is 3. The van der Waals surface area contributed by atoms with Gasteiger partial charge >= 0.3 is 17.6 Å². The van der Waals surface area contributed by atoms with E-state index < -0.39 is 35.1 Å². The smallest absolute Gasteiger partial charge is 0.341 e. The Balaban J connectivity index is 1.75. The summed E-state index contributed by atoms with van der Waals surface area (Å²) < 4.78 is 14.7. The molecule has 0 fully saturated rings. The number of nitro groups is 1. The maximum atomic E-state index is 12.4. The minimum absolute atomic E-state index is 0.0158.